The van der Waals surface area contributed by atoms with Crippen molar-refractivity contribution in [3.63, 3.8) is 0 Å². The number of nitro benzene ring substituents is 1. The maximum Gasteiger partial charge on any atom is 0.293 e. The van der Waals surface area contributed by atoms with E-state index in [1.54, 1.807) is 12.1 Å². The predicted molar refractivity (Wildman–Crippen MR) is 106 cm³/mol. The van der Waals surface area contributed by atoms with E-state index >= 15 is 0 Å². The van der Waals surface area contributed by atoms with Crippen LogP contribution in [0.4, 0.5) is 11.4 Å². The molecule has 2 aromatic carbocycles. The number of benzene rings is 2. The fourth-order valence-corrected chi connectivity index (χ4v) is 5.01. The Morgan fingerprint density at radius 2 is 1.79 bits per heavy atom. The number of piperidine rings is 1. The molecule has 2 heterocycles. The molecule has 1 N–H and O–H groups in total. The van der Waals surface area contributed by atoms with E-state index in [9.17, 15) is 18.5 Å². The Kier molecular flexibility index (Phi) is 5.29. The molecular formula is C19H21N3O6S. The number of anilines is 1. The molecule has 0 atom stereocenters. The smallest absolute Gasteiger partial charge is 0.293 e. The van der Waals surface area contributed by atoms with E-state index in [-0.39, 0.29) is 23.1 Å². The first kappa shape index (κ1) is 19.5. The normalized spacial score (nSPS) is 16.6. The summed E-state index contributed by atoms with van der Waals surface area (Å²) in [4.78, 5) is 10.9. The van der Waals surface area contributed by atoms with Crippen molar-refractivity contribution < 1.29 is 22.8 Å². The summed E-state index contributed by atoms with van der Waals surface area (Å²) in [6.07, 6.45) is 2.60. The fourth-order valence-electron chi connectivity index (χ4n) is 3.47. The minimum absolute atomic E-state index is 0.0558. The molecule has 0 saturated carbocycles. The Morgan fingerprint density at radius 3 is 2.55 bits per heavy atom. The molecule has 2 aliphatic rings. The first-order valence-electron chi connectivity index (χ1n) is 9.36. The summed E-state index contributed by atoms with van der Waals surface area (Å²) in [5.74, 6) is 1.29. The second-order valence-corrected chi connectivity index (χ2v) is 8.88. The van der Waals surface area contributed by atoms with Crippen LogP contribution in [0.2, 0.25) is 0 Å². The van der Waals surface area contributed by atoms with Gasteiger partial charge < -0.3 is 14.8 Å². The summed E-state index contributed by atoms with van der Waals surface area (Å²) in [5.41, 5.74) is 0.836. The van der Waals surface area contributed by atoms with Crippen molar-refractivity contribution in [2.24, 2.45) is 0 Å². The largest absolute Gasteiger partial charge is 0.454 e. The highest BCUT2D eigenvalue weighted by Crippen LogP contribution is 2.34. The molecule has 1 fully saturated rings. The lowest BCUT2D eigenvalue weighted by Crippen LogP contribution is -2.35. The van der Waals surface area contributed by atoms with Crippen LogP contribution in [0.3, 0.4) is 0 Å². The molecule has 4 rings (SSSR count). The van der Waals surface area contributed by atoms with Gasteiger partial charge in [0.25, 0.3) is 5.69 Å². The van der Waals surface area contributed by atoms with E-state index in [2.05, 4.69) is 5.32 Å². The van der Waals surface area contributed by atoms with Gasteiger partial charge in [-0.15, -0.1) is 0 Å². The molecule has 0 aliphatic carbocycles. The number of nitrogens with one attached hydrogen (secondary N) is 1. The minimum Gasteiger partial charge on any atom is -0.454 e. The van der Waals surface area contributed by atoms with E-state index in [0.717, 1.165) is 30.9 Å². The van der Waals surface area contributed by atoms with E-state index in [1.807, 2.05) is 6.07 Å². The van der Waals surface area contributed by atoms with Crippen molar-refractivity contribution >= 4 is 21.4 Å². The average molecular weight is 419 g/mol. The zero-order valence-electron chi connectivity index (χ0n) is 15.7. The maximum atomic E-state index is 12.8. The van der Waals surface area contributed by atoms with Gasteiger partial charge in [-0.2, -0.15) is 4.31 Å². The van der Waals surface area contributed by atoms with E-state index in [1.165, 1.54) is 16.4 Å². The number of ether oxygens (including phenoxy) is 2. The summed E-state index contributed by atoms with van der Waals surface area (Å²) in [6.45, 7) is 1.38. The lowest BCUT2D eigenvalue weighted by Gasteiger charge is -2.25. The monoisotopic (exact) mass is 419 g/mol. The number of hydrogen-bond acceptors (Lipinski definition) is 7. The van der Waals surface area contributed by atoms with Crippen LogP contribution >= 0.6 is 0 Å². The molecule has 0 radical (unpaired) electrons. The van der Waals surface area contributed by atoms with Gasteiger partial charge in [-0.1, -0.05) is 12.5 Å². The SMILES string of the molecule is O=[N+]([O-])c1cc(S(=O)(=O)N2CCCCC2)ccc1NCc1ccc2c(c1)OCO2. The van der Waals surface area contributed by atoms with Crippen LogP contribution in [0.5, 0.6) is 11.5 Å². The maximum absolute atomic E-state index is 12.8. The molecule has 0 bridgehead atoms. The number of nitrogens with zero attached hydrogens (tertiary/aromatic N) is 2. The summed E-state index contributed by atoms with van der Waals surface area (Å²) in [5, 5.41) is 14.6. The molecule has 9 nitrogen and oxygen atoms in total. The van der Waals surface area contributed by atoms with Gasteiger partial charge in [-0.05, 0) is 42.7 Å². The van der Waals surface area contributed by atoms with Gasteiger partial charge in [0, 0.05) is 25.7 Å². The lowest BCUT2D eigenvalue weighted by molar-refractivity contribution is -0.384. The Balaban J connectivity index is 1.55. The van der Waals surface area contributed by atoms with Gasteiger partial charge in [0.05, 0.1) is 9.82 Å². The van der Waals surface area contributed by atoms with Gasteiger partial charge in [0.2, 0.25) is 16.8 Å². The van der Waals surface area contributed by atoms with Crippen molar-refractivity contribution in [3.8, 4) is 11.5 Å². The Labute approximate surface area is 168 Å². The topological polar surface area (TPSA) is 111 Å². The average Bonchev–Trinajstić information content (AvgIpc) is 3.20. The van der Waals surface area contributed by atoms with Crippen molar-refractivity contribution in [2.75, 3.05) is 25.2 Å². The second kappa shape index (κ2) is 7.88. The van der Waals surface area contributed by atoms with Crippen molar-refractivity contribution in [1.29, 1.82) is 0 Å². The highest BCUT2D eigenvalue weighted by molar-refractivity contribution is 7.89. The number of rotatable bonds is 6. The molecule has 29 heavy (non-hydrogen) atoms. The predicted octanol–water partition coefficient (Wildman–Crippen LogP) is 3.11. The second-order valence-electron chi connectivity index (χ2n) is 6.94. The molecule has 0 spiro atoms. The number of sulfonamides is 1. The van der Waals surface area contributed by atoms with E-state index < -0.39 is 14.9 Å². The van der Waals surface area contributed by atoms with Crippen LogP contribution in [0.15, 0.2) is 41.3 Å². The van der Waals surface area contributed by atoms with Crippen molar-refractivity contribution in [1.82, 2.24) is 4.31 Å². The minimum atomic E-state index is -3.74. The van der Waals surface area contributed by atoms with Gasteiger partial charge in [0.15, 0.2) is 11.5 Å². The van der Waals surface area contributed by atoms with Crippen LogP contribution in [-0.4, -0.2) is 37.5 Å². The summed E-state index contributed by atoms with van der Waals surface area (Å²) >= 11 is 0. The van der Waals surface area contributed by atoms with E-state index in [4.69, 9.17) is 9.47 Å². The van der Waals surface area contributed by atoms with Crippen LogP contribution in [0, 0.1) is 10.1 Å². The highest BCUT2D eigenvalue weighted by atomic mass is 32.2. The van der Waals surface area contributed by atoms with Crippen LogP contribution < -0.4 is 14.8 Å². The number of hydrogen-bond donors (Lipinski definition) is 1. The molecule has 2 aliphatic heterocycles. The molecular weight excluding hydrogens is 398 g/mol. The van der Waals surface area contributed by atoms with Crippen molar-refractivity contribution in [2.45, 2.75) is 30.7 Å². The molecule has 10 heteroatoms. The van der Waals surface area contributed by atoms with Gasteiger partial charge in [-0.25, -0.2) is 8.42 Å². The van der Waals surface area contributed by atoms with Crippen molar-refractivity contribution in [3.05, 3.63) is 52.1 Å². The molecule has 154 valence electrons. The summed E-state index contributed by atoms with van der Waals surface area (Å²) in [7, 11) is -3.74. The molecule has 0 aromatic heterocycles. The third-order valence-corrected chi connectivity index (χ3v) is 6.93. The highest BCUT2D eigenvalue weighted by Gasteiger charge is 2.28. The van der Waals surface area contributed by atoms with E-state index in [0.29, 0.717) is 31.1 Å². The third kappa shape index (κ3) is 3.99. The van der Waals surface area contributed by atoms with Gasteiger partial charge >= 0.3 is 0 Å². The van der Waals surface area contributed by atoms with Crippen LogP contribution in [0.25, 0.3) is 0 Å². The quantitative estimate of drug-likeness (QED) is 0.566. The first-order chi connectivity index (χ1) is 13.9. The third-order valence-electron chi connectivity index (χ3n) is 5.04. The molecule has 2 aromatic rings. The zero-order chi connectivity index (χ0) is 20.4. The molecule has 0 amide bonds. The number of fused-ring (bicyclic) bond motifs is 1. The Morgan fingerprint density at radius 1 is 1.03 bits per heavy atom. The standard InChI is InChI=1S/C19H21N3O6S/c23-22(24)17-11-15(29(25,26)21-8-2-1-3-9-21)5-6-16(17)20-12-14-4-7-18-19(10-14)28-13-27-18/h4-7,10-11,20H,1-3,8-9,12-13H2. The Bertz CT molecular complexity index is 1030. The number of nitro groups is 1. The Hall–Kier alpha value is -2.85. The summed E-state index contributed by atoms with van der Waals surface area (Å²) in [6, 6.07) is 9.41. The zero-order valence-corrected chi connectivity index (χ0v) is 16.5. The van der Waals surface area contributed by atoms with Gasteiger partial charge in [-0.3, -0.25) is 10.1 Å². The molecule has 1 saturated heterocycles. The van der Waals surface area contributed by atoms with Gasteiger partial charge in [0.1, 0.15) is 5.69 Å². The lowest BCUT2D eigenvalue weighted by atomic mass is 10.2. The summed E-state index contributed by atoms with van der Waals surface area (Å²) < 4.78 is 37.6. The fraction of sp³-hybridized carbons (Fsp3) is 0.368. The van der Waals surface area contributed by atoms with Crippen LogP contribution in [0.1, 0.15) is 24.8 Å². The molecule has 0 unspecified atom stereocenters. The van der Waals surface area contributed by atoms with Crippen LogP contribution in [-0.2, 0) is 16.6 Å². The first-order valence-corrected chi connectivity index (χ1v) is 10.8.